The molecule has 3 amide bonds. The Balaban J connectivity index is 1.85. The molecule has 1 saturated heterocycles. The lowest BCUT2D eigenvalue weighted by molar-refractivity contribution is -0.133. The Morgan fingerprint density at radius 2 is 2.08 bits per heavy atom. The van der Waals surface area contributed by atoms with E-state index in [0.717, 1.165) is 19.3 Å². The molecule has 0 aromatic rings. The molecule has 0 aromatic carbocycles. The second-order valence-electron chi connectivity index (χ2n) is 7.96. The second kappa shape index (κ2) is 6.81. The van der Waals surface area contributed by atoms with Gasteiger partial charge < -0.3 is 15.1 Å². The van der Waals surface area contributed by atoms with E-state index < -0.39 is 11.6 Å². The number of carbonyl (C=O) groups is 3. The predicted molar refractivity (Wildman–Crippen MR) is 95.0 cm³/mol. The van der Waals surface area contributed by atoms with Gasteiger partial charge in [0.25, 0.3) is 0 Å². The van der Waals surface area contributed by atoms with Crippen LogP contribution in [-0.4, -0.2) is 59.2 Å². The molecule has 0 spiro atoms. The van der Waals surface area contributed by atoms with Crippen molar-refractivity contribution < 1.29 is 14.4 Å². The molecular weight excluding hydrogens is 318 g/mol. The molecule has 3 aliphatic rings. The Labute approximate surface area is 149 Å². The van der Waals surface area contributed by atoms with Crippen LogP contribution in [0.5, 0.6) is 0 Å². The van der Waals surface area contributed by atoms with Crippen molar-refractivity contribution in [3.8, 4) is 0 Å². The van der Waals surface area contributed by atoms with E-state index in [0.29, 0.717) is 25.9 Å². The Kier molecular flexibility index (Phi) is 4.89. The number of ketones is 1. The Hall–Kier alpha value is -1.85. The highest BCUT2D eigenvalue weighted by Crippen LogP contribution is 2.46. The first-order valence-corrected chi connectivity index (χ1v) is 9.36. The lowest BCUT2D eigenvalue weighted by Crippen LogP contribution is -2.54. The van der Waals surface area contributed by atoms with Crippen molar-refractivity contribution in [2.24, 2.45) is 11.8 Å². The molecule has 0 bridgehead atoms. The lowest BCUT2D eigenvalue weighted by Gasteiger charge is -2.30. The van der Waals surface area contributed by atoms with Gasteiger partial charge in [0, 0.05) is 26.1 Å². The zero-order valence-electron chi connectivity index (χ0n) is 15.5. The number of hydrogen-bond acceptors (Lipinski definition) is 3. The Bertz CT molecular complexity index is 603. The van der Waals surface area contributed by atoms with Crippen molar-refractivity contribution in [2.45, 2.75) is 57.5 Å². The minimum Gasteiger partial charge on any atom is -0.344 e. The van der Waals surface area contributed by atoms with Gasteiger partial charge in [-0.2, -0.15) is 0 Å². The largest absolute Gasteiger partial charge is 0.344 e. The lowest BCUT2D eigenvalue weighted by atomic mass is 10.1. The number of hydrogen-bond donors (Lipinski definition) is 1. The number of fused-ring (bicyclic) bond motifs is 2. The third-order valence-corrected chi connectivity index (χ3v) is 5.89. The van der Waals surface area contributed by atoms with Crippen LogP contribution < -0.4 is 5.32 Å². The number of nitrogens with one attached hydrogen (secondary N) is 1. The maximum Gasteiger partial charge on any atom is 0.318 e. The van der Waals surface area contributed by atoms with Crippen LogP contribution in [0.3, 0.4) is 0 Å². The van der Waals surface area contributed by atoms with Crippen LogP contribution in [0.25, 0.3) is 0 Å². The molecule has 1 saturated carbocycles. The summed E-state index contributed by atoms with van der Waals surface area (Å²) in [6.07, 6.45) is 8.43. The van der Waals surface area contributed by atoms with Crippen molar-refractivity contribution in [3.63, 3.8) is 0 Å². The minimum absolute atomic E-state index is 0.00478. The Morgan fingerprint density at radius 3 is 2.80 bits per heavy atom. The molecule has 3 rings (SSSR count). The SMILES string of the molecule is CC(=O)[C@@]12C[C@H]1/C=C\CCCCN(C)C(=O)[C@@H]1C[C@@H](C)CN1C(=O)N2. The number of likely N-dealkylation sites (N-methyl/N-ethyl adjacent to an activating group) is 1. The molecule has 2 fully saturated rings. The number of urea groups is 1. The summed E-state index contributed by atoms with van der Waals surface area (Å²) >= 11 is 0. The summed E-state index contributed by atoms with van der Waals surface area (Å²) in [6.45, 7) is 4.88. The van der Waals surface area contributed by atoms with Crippen LogP contribution in [0.4, 0.5) is 4.79 Å². The van der Waals surface area contributed by atoms with E-state index >= 15 is 0 Å². The Morgan fingerprint density at radius 1 is 1.32 bits per heavy atom. The maximum atomic E-state index is 12.9. The monoisotopic (exact) mass is 347 g/mol. The summed E-state index contributed by atoms with van der Waals surface area (Å²) in [5.74, 6) is 0.367. The molecule has 0 aromatic heterocycles. The van der Waals surface area contributed by atoms with E-state index in [9.17, 15) is 14.4 Å². The number of amides is 3. The molecule has 2 heterocycles. The summed E-state index contributed by atoms with van der Waals surface area (Å²) in [5, 5.41) is 2.96. The van der Waals surface area contributed by atoms with Crippen LogP contribution >= 0.6 is 0 Å². The van der Waals surface area contributed by atoms with E-state index in [4.69, 9.17) is 0 Å². The summed E-state index contributed by atoms with van der Waals surface area (Å²) in [4.78, 5) is 41.3. The van der Waals surface area contributed by atoms with Crippen LogP contribution in [0.2, 0.25) is 0 Å². The first kappa shape index (κ1) is 18.0. The van der Waals surface area contributed by atoms with Gasteiger partial charge in [0.1, 0.15) is 11.6 Å². The highest BCUT2D eigenvalue weighted by Gasteiger charge is 2.58. The van der Waals surface area contributed by atoms with Crippen LogP contribution in [0.1, 0.15) is 46.0 Å². The molecule has 1 N–H and O–H groups in total. The standard InChI is InChI=1S/C19H29N3O3/c1-13-10-16-17(24)21(3)9-7-5-4-6-8-15-11-19(15,14(2)23)20-18(25)22(16)12-13/h6,8,13,15-16H,4-5,7,9-12H2,1-3H3,(H,20,25)/b8-6-/t13-,15-,16+,19+/m1/s1. The molecule has 138 valence electrons. The van der Waals surface area contributed by atoms with Gasteiger partial charge >= 0.3 is 6.03 Å². The molecule has 0 radical (unpaired) electrons. The zero-order chi connectivity index (χ0) is 18.2. The third-order valence-electron chi connectivity index (χ3n) is 5.89. The first-order chi connectivity index (χ1) is 11.8. The average Bonchev–Trinajstić information content (AvgIpc) is 3.11. The van der Waals surface area contributed by atoms with E-state index in [1.165, 1.54) is 0 Å². The van der Waals surface area contributed by atoms with Crippen molar-refractivity contribution in [1.82, 2.24) is 15.1 Å². The molecule has 6 nitrogen and oxygen atoms in total. The van der Waals surface area contributed by atoms with Gasteiger partial charge in [-0.1, -0.05) is 19.1 Å². The summed E-state index contributed by atoms with van der Waals surface area (Å²) in [6, 6.07) is -0.695. The first-order valence-electron chi connectivity index (χ1n) is 9.36. The van der Waals surface area contributed by atoms with E-state index in [2.05, 4.69) is 24.4 Å². The molecule has 6 heteroatoms. The molecule has 2 aliphatic heterocycles. The van der Waals surface area contributed by atoms with Crippen molar-refractivity contribution in [2.75, 3.05) is 20.1 Å². The minimum atomic E-state index is -0.775. The van der Waals surface area contributed by atoms with E-state index in [1.807, 2.05) is 7.05 Å². The number of Topliss-reactive ketones (excluding diaryl/α,β-unsaturated/α-hetero) is 1. The van der Waals surface area contributed by atoms with Gasteiger partial charge in [-0.15, -0.1) is 0 Å². The molecular formula is C19H29N3O3. The highest BCUT2D eigenvalue weighted by atomic mass is 16.2. The number of rotatable bonds is 1. The summed E-state index contributed by atoms with van der Waals surface area (Å²) in [7, 11) is 1.82. The van der Waals surface area contributed by atoms with Crippen molar-refractivity contribution in [3.05, 3.63) is 12.2 Å². The highest BCUT2D eigenvalue weighted by molar-refractivity contribution is 5.96. The molecule has 4 atom stereocenters. The maximum absolute atomic E-state index is 12.9. The molecule has 1 aliphatic carbocycles. The second-order valence-corrected chi connectivity index (χ2v) is 7.96. The van der Waals surface area contributed by atoms with E-state index in [1.54, 1.807) is 16.7 Å². The van der Waals surface area contributed by atoms with Gasteiger partial charge in [-0.05, 0) is 44.9 Å². The predicted octanol–water partition coefficient (Wildman–Crippen LogP) is 1.95. The van der Waals surface area contributed by atoms with Crippen LogP contribution in [0.15, 0.2) is 12.2 Å². The third kappa shape index (κ3) is 3.44. The number of allylic oxidation sites excluding steroid dienone is 1. The smallest absolute Gasteiger partial charge is 0.318 e. The number of nitrogens with zero attached hydrogens (tertiary/aromatic N) is 2. The molecule has 25 heavy (non-hydrogen) atoms. The van der Waals surface area contributed by atoms with Crippen LogP contribution in [-0.2, 0) is 9.59 Å². The normalized spacial score (nSPS) is 37.6. The number of carbonyl (C=O) groups excluding carboxylic acids is 3. The average molecular weight is 347 g/mol. The van der Waals surface area contributed by atoms with Gasteiger partial charge in [0.2, 0.25) is 5.91 Å². The fraction of sp³-hybridized carbons (Fsp3) is 0.737. The van der Waals surface area contributed by atoms with Gasteiger partial charge in [0.15, 0.2) is 5.78 Å². The van der Waals surface area contributed by atoms with Crippen LogP contribution in [0, 0.1) is 11.8 Å². The van der Waals surface area contributed by atoms with Gasteiger partial charge in [-0.3, -0.25) is 9.59 Å². The summed E-state index contributed by atoms with van der Waals surface area (Å²) < 4.78 is 0. The quantitative estimate of drug-likeness (QED) is 0.737. The summed E-state index contributed by atoms with van der Waals surface area (Å²) in [5.41, 5.74) is -0.775. The van der Waals surface area contributed by atoms with Gasteiger partial charge in [-0.25, -0.2) is 4.79 Å². The topological polar surface area (TPSA) is 69.7 Å². The van der Waals surface area contributed by atoms with Crippen molar-refractivity contribution >= 4 is 17.7 Å². The van der Waals surface area contributed by atoms with E-state index in [-0.39, 0.29) is 29.6 Å². The fourth-order valence-corrected chi connectivity index (χ4v) is 4.16. The van der Waals surface area contributed by atoms with Crippen molar-refractivity contribution in [1.29, 1.82) is 0 Å². The zero-order valence-corrected chi connectivity index (χ0v) is 15.5. The molecule has 0 unspecified atom stereocenters. The fourth-order valence-electron chi connectivity index (χ4n) is 4.16. The van der Waals surface area contributed by atoms with Gasteiger partial charge in [0.05, 0.1) is 0 Å².